The second-order valence-electron chi connectivity index (χ2n) is 7.94. The fourth-order valence-corrected chi connectivity index (χ4v) is 4.31. The van der Waals surface area contributed by atoms with Gasteiger partial charge in [0, 0.05) is 62.1 Å². The first kappa shape index (κ1) is 18.5. The molecule has 0 bridgehead atoms. The molecule has 5 rings (SSSR count). The van der Waals surface area contributed by atoms with Crippen LogP contribution in [0.5, 0.6) is 0 Å². The van der Waals surface area contributed by atoms with E-state index in [0.717, 1.165) is 64.7 Å². The van der Waals surface area contributed by atoms with Crippen molar-refractivity contribution in [3.05, 3.63) is 48.9 Å². The van der Waals surface area contributed by atoms with Gasteiger partial charge in [0.05, 0.1) is 22.7 Å². The molecule has 152 valence electrons. The Morgan fingerprint density at radius 1 is 1.17 bits per heavy atom. The number of carbonyl (C=O) groups excluding carboxylic acids is 1. The van der Waals surface area contributed by atoms with Gasteiger partial charge in [0.1, 0.15) is 0 Å². The number of benzene rings is 2. The monoisotopic (exact) mass is 400 g/mol. The highest BCUT2D eigenvalue weighted by atomic mass is 16.2. The molecule has 1 aliphatic rings. The molecule has 1 atom stereocenters. The Labute approximate surface area is 174 Å². The topological polar surface area (TPSA) is 75.9 Å². The van der Waals surface area contributed by atoms with Gasteiger partial charge in [0.25, 0.3) is 0 Å². The van der Waals surface area contributed by atoms with Crippen molar-refractivity contribution in [2.24, 2.45) is 7.05 Å². The quantitative estimate of drug-likeness (QED) is 0.569. The molecule has 4 aromatic rings. The molecule has 1 saturated heterocycles. The first-order valence-corrected chi connectivity index (χ1v) is 10.3. The molecule has 30 heavy (non-hydrogen) atoms. The van der Waals surface area contributed by atoms with Crippen molar-refractivity contribution in [3.8, 4) is 11.1 Å². The molecular weight excluding hydrogens is 376 g/mol. The van der Waals surface area contributed by atoms with E-state index in [1.165, 1.54) is 0 Å². The predicted molar refractivity (Wildman–Crippen MR) is 118 cm³/mol. The third-order valence-electron chi connectivity index (χ3n) is 5.87. The number of fused-ring (bicyclic) bond motifs is 2. The third-order valence-corrected chi connectivity index (χ3v) is 5.87. The van der Waals surface area contributed by atoms with E-state index in [4.69, 9.17) is 0 Å². The van der Waals surface area contributed by atoms with E-state index in [-0.39, 0.29) is 11.9 Å². The first-order chi connectivity index (χ1) is 14.6. The summed E-state index contributed by atoms with van der Waals surface area (Å²) in [6.07, 6.45) is 7.37. The van der Waals surface area contributed by atoms with Crippen molar-refractivity contribution >= 4 is 33.5 Å². The minimum Gasteiger partial charge on any atom is -0.380 e. The summed E-state index contributed by atoms with van der Waals surface area (Å²) in [5.74, 6) is 0.135. The number of piperidine rings is 1. The average molecular weight is 400 g/mol. The van der Waals surface area contributed by atoms with Crippen LogP contribution in [-0.4, -0.2) is 49.7 Å². The molecule has 7 nitrogen and oxygen atoms in total. The molecule has 7 heteroatoms. The van der Waals surface area contributed by atoms with Gasteiger partial charge in [0.15, 0.2) is 0 Å². The number of aromatic nitrogens is 4. The number of nitrogens with zero attached hydrogens (tertiary/aromatic N) is 5. The number of carbonyl (C=O) groups is 1. The molecule has 2 aromatic carbocycles. The lowest BCUT2D eigenvalue weighted by Crippen LogP contribution is -2.44. The van der Waals surface area contributed by atoms with E-state index < -0.39 is 0 Å². The number of hydrogen-bond donors (Lipinski definition) is 1. The van der Waals surface area contributed by atoms with Crippen LogP contribution in [0.1, 0.15) is 19.8 Å². The minimum atomic E-state index is 0.135. The van der Waals surface area contributed by atoms with Crippen LogP contribution in [0, 0.1) is 0 Å². The molecule has 1 fully saturated rings. The van der Waals surface area contributed by atoms with Crippen molar-refractivity contribution in [1.29, 1.82) is 0 Å². The van der Waals surface area contributed by atoms with Gasteiger partial charge in [-0.05, 0) is 36.6 Å². The molecular formula is C23H24N6O. The highest BCUT2D eigenvalue weighted by Gasteiger charge is 2.22. The van der Waals surface area contributed by atoms with E-state index in [2.05, 4.69) is 44.6 Å². The average Bonchev–Trinajstić information content (AvgIpc) is 3.13. The number of amides is 1. The Balaban J connectivity index is 1.56. The van der Waals surface area contributed by atoms with Gasteiger partial charge in [-0.1, -0.05) is 12.1 Å². The van der Waals surface area contributed by atoms with Crippen LogP contribution in [0.15, 0.2) is 48.9 Å². The van der Waals surface area contributed by atoms with Crippen molar-refractivity contribution < 1.29 is 4.79 Å². The van der Waals surface area contributed by atoms with Gasteiger partial charge < -0.3 is 10.2 Å². The zero-order valence-corrected chi connectivity index (χ0v) is 17.2. The summed E-state index contributed by atoms with van der Waals surface area (Å²) in [6, 6.07) is 10.8. The van der Waals surface area contributed by atoms with Gasteiger partial charge in [0.2, 0.25) is 5.91 Å². The fraction of sp³-hybridized carbons (Fsp3) is 0.304. The van der Waals surface area contributed by atoms with Gasteiger partial charge in [-0.15, -0.1) is 0 Å². The number of likely N-dealkylation sites (tertiary alicyclic amines) is 1. The van der Waals surface area contributed by atoms with Gasteiger partial charge in [-0.2, -0.15) is 5.10 Å². The molecule has 0 spiro atoms. The molecule has 1 aliphatic heterocycles. The van der Waals surface area contributed by atoms with Gasteiger partial charge in [-0.25, -0.2) is 0 Å². The summed E-state index contributed by atoms with van der Waals surface area (Å²) >= 11 is 0. The standard InChI is InChI=1S/C23H24N6O/c1-15(30)29-9-3-4-18(14-29)27-19-11-20(23-21(12-19)24-7-8-25-23)16-5-6-17-13-26-28(2)22(17)10-16/h5-8,10-13,18,27H,3-4,9,14H2,1-2H3/t18-/m0/s1. The first-order valence-electron chi connectivity index (χ1n) is 10.3. The van der Waals surface area contributed by atoms with Crippen LogP contribution >= 0.6 is 0 Å². The normalized spacial score (nSPS) is 16.9. The summed E-state index contributed by atoms with van der Waals surface area (Å²) in [5.41, 5.74) is 5.91. The second kappa shape index (κ2) is 7.40. The number of rotatable bonds is 3. The molecule has 0 radical (unpaired) electrons. The van der Waals surface area contributed by atoms with Gasteiger partial charge >= 0.3 is 0 Å². The van der Waals surface area contributed by atoms with E-state index in [1.54, 1.807) is 19.3 Å². The van der Waals surface area contributed by atoms with Crippen LogP contribution in [0.4, 0.5) is 5.69 Å². The molecule has 0 aliphatic carbocycles. The van der Waals surface area contributed by atoms with Gasteiger partial charge in [-0.3, -0.25) is 19.4 Å². The molecule has 2 aromatic heterocycles. The van der Waals surface area contributed by atoms with Crippen molar-refractivity contribution in [3.63, 3.8) is 0 Å². The van der Waals surface area contributed by atoms with Crippen LogP contribution < -0.4 is 5.32 Å². The van der Waals surface area contributed by atoms with E-state index in [9.17, 15) is 4.79 Å². The molecule has 0 unspecified atom stereocenters. The summed E-state index contributed by atoms with van der Waals surface area (Å²) in [5, 5.41) is 9.09. The Bertz CT molecular complexity index is 1250. The smallest absolute Gasteiger partial charge is 0.219 e. The molecule has 1 N–H and O–H groups in total. The van der Waals surface area contributed by atoms with Crippen molar-refractivity contribution in [2.45, 2.75) is 25.8 Å². The van der Waals surface area contributed by atoms with Crippen molar-refractivity contribution in [1.82, 2.24) is 24.6 Å². The summed E-state index contributed by atoms with van der Waals surface area (Å²) in [4.78, 5) is 22.9. The number of hydrogen-bond acceptors (Lipinski definition) is 5. The molecule has 0 saturated carbocycles. The Morgan fingerprint density at radius 3 is 2.90 bits per heavy atom. The SMILES string of the molecule is CC(=O)N1CCC[C@H](Nc2cc(-c3ccc4cnn(C)c4c3)c3nccnc3c2)C1. The third kappa shape index (κ3) is 3.36. The number of anilines is 1. The zero-order chi connectivity index (χ0) is 20.7. The maximum absolute atomic E-state index is 11.8. The summed E-state index contributed by atoms with van der Waals surface area (Å²) < 4.78 is 1.88. The Morgan fingerprint density at radius 2 is 2.03 bits per heavy atom. The largest absolute Gasteiger partial charge is 0.380 e. The molecule has 3 heterocycles. The lowest BCUT2D eigenvalue weighted by atomic mass is 10.0. The second-order valence-corrected chi connectivity index (χ2v) is 7.94. The number of aryl methyl sites for hydroxylation is 1. The molecule has 1 amide bonds. The highest BCUT2D eigenvalue weighted by molar-refractivity contribution is 5.96. The Hall–Kier alpha value is -3.48. The van der Waals surface area contributed by atoms with Crippen LogP contribution in [0.2, 0.25) is 0 Å². The lowest BCUT2D eigenvalue weighted by Gasteiger charge is -2.33. The van der Waals surface area contributed by atoms with Crippen LogP contribution in [0.25, 0.3) is 33.1 Å². The number of nitrogens with one attached hydrogen (secondary N) is 1. The van der Waals surface area contributed by atoms with E-state index >= 15 is 0 Å². The highest BCUT2D eigenvalue weighted by Crippen LogP contribution is 2.32. The summed E-state index contributed by atoms with van der Waals surface area (Å²) in [6.45, 7) is 3.21. The van der Waals surface area contributed by atoms with Crippen LogP contribution in [0.3, 0.4) is 0 Å². The predicted octanol–water partition coefficient (Wildman–Crippen LogP) is 3.61. The maximum Gasteiger partial charge on any atom is 0.219 e. The maximum atomic E-state index is 11.8. The van der Waals surface area contributed by atoms with E-state index in [1.807, 2.05) is 28.9 Å². The van der Waals surface area contributed by atoms with E-state index in [0.29, 0.717) is 0 Å². The van der Waals surface area contributed by atoms with Crippen molar-refractivity contribution in [2.75, 3.05) is 18.4 Å². The Kier molecular flexibility index (Phi) is 4.58. The summed E-state index contributed by atoms with van der Waals surface area (Å²) in [7, 11) is 1.95. The van der Waals surface area contributed by atoms with Crippen LogP contribution in [-0.2, 0) is 11.8 Å². The fourth-order valence-electron chi connectivity index (χ4n) is 4.31. The lowest BCUT2D eigenvalue weighted by molar-refractivity contribution is -0.129. The zero-order valence-electron chi connectivity index (χ0n) is 17.2. The minimum absolute atomic E-state index is 0.135.